The first kappa shape index (κ1) is 31.8. The summed E-state index contributed by atoms with van der Waals surface area (Å²) in [6.07, 6.45) is 1.63. The molecule has 1 saturated heterocycles. The molecule has 0 bridgehead atoms. The van der Waals surface area contributed by atoms with Crippen molar-refractivity contribution in [1.29, 1.82) is 0 Å². The van der Waals surface area contributed by atoms with Gasteiger partial charge >= 0.3 is 6.18 Å². The average molecular weight is 631 g/mol. The van der Waals surface area contributed by atoms with Gasteiger partial charge in [-0.3, -0.25) is 9.59 Å². The summed E-state index contributed by atoms with van der Waals surface area (Å²) in [6, 6.07) is 6.31. The largest absolute Gasteiger partial charge is 0.433 e. The Morgan fingerprint density at radius 2 is 2.02 bits per heavy atom. The molecule has 1 saturated carbocycles. The average Bonchev–Trinajstić information content (AvgIpc) is 3.60. The van der Waals surface area contributed by atoms with E-state index in [4.69, 9.17) is 0 Å². The van der Waals surface area contributed by atoms with E-state index in [2.05, 4.69) is 25.6 Å². The molecule has 5 rings (SSSR count). The van der Waals surface area contributed by atoms with Crippen LogP contribution < -0.4 is 10.6 Å². The number of halogens is 3. The lowest BCUT2D eigenvalue weighted by Crippen LogP contribution is -2.48. The standard InChI is InChI=1S/C31H37F3N6O3S/c1-19-14-20(16-21(15-19)38-28-36-11-8-24(39-28)31(32,33)34)23-17-37-27(44-23)30(43)9-7-22(29(2,3)18-30)26(42)35-10-5-13-40-12-4-6-25(40)41/h8,11,14-17,22,43H,4-7,9-10,12-13,18H2,1-3H3,(H,35,42)(H,36,38,39)/t22-,30-/m1/s1. The molecule has 3 heterocycles. The molecular formula is C31H37F3N6O3S. The minimum Gasteiger partial charge on any atom is -0.383 e. The third-order valence-corrected chi connectivity index (χ3v) is 9.64. The predicted molar refractivity (Wildman–Crippen MR) is 161 cm³/mol. The highest BCUT2D eigenvalue weighted by Gasteiger charge is 2.49. The van der Waals surface area contributed by atoms with E-state index in [1.54, 1.807) is 18.3 Å². The van der Waals surface area contributed by atoms with Crippen LogP contribution in [0.15, 0.2) is 36.7 Å². The van der Waals surface area contributed by atoms with E-state index in [1.807, 2.05) is 31.7 Å². The smallest absolute Gasteiger partial charge is 0.383 e. The molecule has 2 aromatic heterocycles. The fourth-order valence-electron chi connectivity index (χ4n) is 6.28. The van der Waals surface area contributed by atoms with Gasteiger partial charge in [0.1, 0.15) is 16.3 Å². The van der Waals surface area contributed by atoms with Crippen LogP contribution in [0.3, 0.4) is 0 Å². The van der Waals surface area contributed by atoms with E-state index in [0.717, 1.165) is 41.2 Å². The number of nitrogens with zero attached hydrogens (tertiary/aromatic N) is 4. The van der Waals surface area contributed by atoms with E-state index < -0.39 is 22.9 Å². The number of aryl methyl sites for hydroxylation is 1. The van der Waals surface area contributed by atoms with Gasteiger partial charge in [-0.2, -0.15) is 13.2 Å². The molecule has 1 aliphatic carbocycles. The number of rotatable bonds is 9. The van der Waals surface area contributed by atoms with E-state index in [1.165, 1.54) is 11.3 Å². The first-order valence-corrected chi connectivity index (χ1v) is 15.6. The third kappa shape index (κ3) is 7.20. The number of carbonyl (C=O) groups is 2. The molecule has 2 amide bonds. The zero-order valence-electron chi connectivity index (χ0n) is 25.0. The molecule has 0 radical (unpaired) electrons. The number of thiazole rings is 1. The van der Waals surface area contributed by atoms with Crippen molar-refractivity contribution in [3.8, 4) is 10.4 Å². The summed E-state index contributed by atoms with van der Waals surface area (Å²) >= 11 is 1.36. The third-order valence-electron chi connectivity index (χ3n) is 8.40. The lowest BCUT2D eigenvalue weighted by Gasteiger charge is -2.45. The molecular weight excluding hydrogens is 593 g/mol. The summed E-state index contributed by atoms with van der Waals surface area (Å²) in [5, 5.41) is 18.2. The lowest BCUT2D eigenvalue weighted by molar-refractivity contribution is -0.141. The number of carbonyl (C=O) groups excluding carboxylic acids is 2. The van der Waals surface area contributed by atoms with Gasteiger partial charge in [0, 0.05) is 50.1 Å². The Balaban J connectivity index is 1.23. The summed E-state index contributed by atoms with van der Waals surface area (Å²) in [6.45, 7) is 7.80. The summed E-state index contributed by atoms with van der Waals surface area (Å²) in [7, 11) is 0. The van der Waals surface area contributed by atoms with Gasteiger partial charge in [0.15, 0.2) is 0 Å². The molecule has 1 aliphatic heterocycles. The van der Waals surface area contributed by atoms with E-state index >= 15 is 0 Å². The number of hydrogen-bond acceptors (Lipinski definition) is 8. The molecule has 2 atom stereocenters. The van der Waals surface area contributed by atoms with Crippen molar-refractivity contribution < 1.29 is 27.9 Å². The van der Waals surface area contributed by atoms with Crippen LogP contribution in [0.5, 0.6) is 0 Å². The van der Waals surface area contributed by atoms with Crippen molar-refractivity contribution in [2.75, 3.05) is 25.0 Å². The molecule has 0 unspecified atom stereocenters. The number of aliphatic hydroxyl groups is 1. The molecule has 236 valence electrons. The van der Waals surface area contributed by atoms with E-state index in [0.29, 0.717) is 55.9 Å². The maximum atomic E-state index is 13.1. The van der Waals surface area contributed by atoms with Gasteiger partial charge in [0.05, 0.1) is 4.88 Å². The number of nitrogens with one attached hydrogen (secondary N) is 2. The molecule has 1 aromatic carbocycles. The van der Waals surface area contributed by atoms with Gasteiger partial charge in [-0.15, -0.1) is 11.3 Å². The number of amides is 2. The number of hydrogen-bond donors (Lipinski definition) is 3. The number of alkyl halides is 3. The lowest BCUT2D eigenvalue weighted by atomic mass is 9.63. The second-order valence-electron chi connectivity index (χ2n) is 12.4. The first-order valence-electron chi connectivity index (χ1n) is 14.8. The molecule has 13 heteroatoms. The first-order chi connectivity index (χ1) is 20.7. The monoisotopic (exact) mass is 630 g/mol. The second kappa shape index (κ2) is 12.4. The SMILES string of the molecule is Cc1cc(Nc2nccc(C(F)(F)F)n2)cc(-c2cnc([C@@]3(O)CC[C@H](C(=O)NCCCN4CCCC4=O)C(C)(C)C3)s2)c1. The van der Waals surface area contributed by atoms with Crippen LogP contribution in [-0.4, -0.2) is 56.4 Å². The van der Waals surface area contributed by atoms with Crippen molar-refractivity contribution in [2.24, 2.45) is 11.3 Å². The Labute approximate surface area is 258 Å². The maximum Gasteiger partial charge on any atom is 0.433 e. The van der Waals surface area contributed by atoms with Crippen molar-refractivity contribution in [2.45, 2.75) is 71.1 Å². The molecule has 2 fully saturated rings. The van der Waals surface area contributed by atoms with Crippen LogP contribution in [0, 0.1) is 18.3 Å². The Morgan fingerprint density at radius 3 is 2.73 bits per heavy atom. The van der Waals surface area contributed by atoms with Gasteiger partial charge < -0.3 is 20.6 Å². The zero-order valence-corrected chi connectivity index (χ0v) is 25.8. The maximum absolute atomic E-state index is 13.1. The summed E-state index contributed by atoms with van der Waals surface area (Å²) < 4.78 is 39.3. The highest BCUT2D eigenvalue weighted by Crippen LogP contribution is 2.51. The van der Waals surface area contributed by atoms with Crippen molar-refractivity contribution in [1.82, 2.24) is 25.2 Å². The van der Waals surface area contributed by atoms with Gasteiger partial charge in [0.25, 0.3) is 0 Å². The Hall–Kier alpha value is -3.58. The van der Waals surface area contributed by atoms with Crippen molar-refractivity contribution >= 4 is 34.8 Å². The molecule has 3 aromatic rings. The topological polar surface area (TPSA) is 120 Å². The quantitative estimate of drug-likeness (QED) is 0.255. The zero-order chi connectivity index (χ0) is 31.7. The fraction of sp³-hybridized carbons (Fsp3) is 0.516. The van der Waals surface area contributed by atoms with Gasteiger partial charge in [-0.1, -0.05) is 19.9 Å². The summed E-state index contributed by atoms with van der Waals surface area (Å²) in [4.78, 5) is 39.6. The molecule has 44 heavy (non-hydrogen) atoms. The number of aromatic nitrogens is 3. The molecule has 9 nitrogen and oxygen atoms in total. The van der Waals surface area contributed by atoms with Gasteiger partial charge in [-0.05, 0) is 73.8 Å². The summed E-state index contributed by atoms with van der Waals surface area (Å²) in [5.74, 6) is -0.285. The highest BCUT2D eigenvalue weighted by molar-refractivity contribution is 7.15. The Bertz CT molecular complexity index is 1530. The normalized spacial score (nSPS) is 21.8. The molecule has 2 aliphatic rings. The van der Waals surface area contributed by atoms with Gasteiger partial charge in [0.2, 0.25) is 17.8 Å². The second-order valence-corrected chi connectivity index (χ2v) is 13.5. The molecule has 3 N–H and O–H groups in total. The van der Waals surface area contributed by atoms with Crippen LogP contribution in [0.4, 0.5) is 24.8 Å². The van der Waals surface area contributed by atoms with Crippen LogP contribution in [0.1, 0.15) is 68.6 Å². The Kier molecular flexibility index (Phi) is 8.99. The van der Waals surface area contributed by atoms with E-state index in [9.17, 15) is 27.9 Å². The number of benzene rings is 1. The predicted octanol–water partition coefficient (Wildman–Crippen LogP) is 5.81. The minimum atomic E-state index is -4.58. The van der Waals surface area contributed by atoms with Gasteiger partial charge in [-0.25, -0.2) is 15.0 Å². The highest BCUT2D eigenvalue weighted by atomic mass is 32.1. The van der Waals surface area contributed by atoms with E-state index in [-0.39, 0.29) is 23.7 Å². The number of likely N-dealkylation sites (tertiary alicyclic amines) is 1. The van der Waals surface area contributed by atoms with Crippen LogP contribution >= 0.6 is 11.3 Å². The number of anilines is 2. The van der Waals surface area contributed by atoms with Crippen LogP contribution in [-0.2, 0) is 21.4 Å². The van der Waals surface area contributed by atoms with Crippen molar-refractivity contribution in [3.63, 3.8) is 0 Å². The van der Waals surface area contributed by atoms with Crippen LogP contribution in [0.25, 0.3) is 10.4 Å². The molecule has 0 spiro atoms. The van der Waals surface area contributed by atoms with Crippen LogP contribution in [0.2, 0.25) is 0 Å². The summed E-state index contributed by atoms with van der Waals surface area (Å²) in [5.41, 5.74) is -0.545. The Morgan fingerprint density at radius 1 is 1.23 bits per heavy atom. The fourth-order valence-corrected chi connectivity index (χ4v) is 7.30. The van der Waals surface area contributed by atoms with Crippen molar-refractivity contribution in [3.05, 3.63) is 52.9 Å². The minimum absolute atomic E-state index is 0.0332.